The van der Waals surface area contributed by atoms with E-state index in [0.717, 1.165) is 26.2 Å². The van der Waals surface area contributed by atoms with Crippen LogP contribution in [0.2, 0.25) is 0 Å². The van der Waals surface area contributed by atoms with Gasteiger partial charge in [-0.05, 0) is 0 Å². The number of rotatable bonds is 1. The third kappa shape index (κ3) is 1.65. The highest BCUT2D eigenvalue weighted by Crippen LogP contribution is 2.13. The Morgan fingerprint density at radius 3 is 2.71 bits per heavy atom. The Hall–Kier alpha value is -1.67. The van der Waals surface area contributed by atoms with E-state index in [9.17, 15) is 0 Å². The van der Waals surface area contributed by atoms with Gasteiger partial charge < -0.3 is 10.2 Å². The third-order valence-corrected chi connectivity index (χ3v) is 2.20. The van der Waals surface area contributed by atoms with Crippen molar-refractivity contribution < 1.29 is 0 Å². The molecule has 1 aliphatic heterocycles. The van der Waals surface area contributed by atoms with Crippen LogP contribution in [0.15, 0.2) is 12.4 Å². The molecule has 1 aromatic rings. The quantitative estimate of drug-likeness (QED) is 0.660. The number of nitrogens with one attached hydrogen (secondary N) is 1. The Bertz CT molecular complexity index is 350. The van der Waals surface area contributed by atoms with Crippen molar-refractivity contribution in [2.24, 2.45) is 0 Å². The van der Waals surface area contributed by atoms with E-state index in [2.05, 4.69) is 26.3 Å². The molecule has 0 aromatic carbocycles. The normalized spacial score (nSPS) is 16.4. The second kappa shape index (κ2) is 4.03. The van der Waals surface area contributed by atoms with Crippen molar-refractivity contribution in [1.29, 1.82) is 5.26 Å². The lowest BCUT2D eigenvalue weighted by Crippen LogP contribution is -2.44. The Morgan fingerprint density at radius 2 is 2.00 bits per heavy atom. The summed E-state index contributed by atoms with van der Waals surface area (Å²) >= 11 is 0. The average Bonchev–Trinajstić information content (AvgIpc) is 2.30. The van der Waals surface area contributed by atoms with Crippen LogP contribution in [-0.2, 0) is 0 Å². The fourth-order valence-electron chi connectivity index (χ4n) is 1.52. The number of nitriles is 1. The highest BCUT2D eigenvalue weighted by atomic mass is 15.2. The number of aromatic nitrogens is 2. The highest BCUT2D eigenvalue weighted by molar-refractivity contribution is 5.49. The first-order valence-corrected chi connectivity index (χ1v) is 4.58. The van der Waals surface area contributed by atoms with Crippen molar-refractivity contribution in [2.45, 2.75) is 0 Å². The summed E-state index contributed by atoms with van der Waals surface area (Å²) < 4.78 is 0. The van der Waals surface area contributed by atoms with E-state index in [1.807, 2.05) is 0 Å². The van der Waals surface area contributed by atoms with Gasteiger partial charge in [-0.15, -0.1) is 0 Å². The first-order chi connectivity index (χ1) is 6.92. The first kappa shape index (κ1) is 8.91. The van der Waals surface area contributed by atoms with Crippen LogP contribution >= 0.6 is 0 Å². The molecule has 0 unspecified atom stereocenters. The molecule has 1 aromatic heterocycles. The van der Waals surface area contributed by atoms with Crippen LogP contribution in [0.3, 0.4) is 0 Å². The summed E-state index contributed by atoms with van der Waals surface area (Å²) in [5, 5.41) is 12.1. The van der Waals surface area contributed by atoms with Crippen LogP contribution in [0.1, 0.15) is 5.69 Å². The average molecular weight is 189 g/mol. The molecule has 0 spiro atoms. The SMILES string of the molecule is N#Cc1nccnc1N1CCNCC1. The molecule has 5 nitrogen and oxygen atoms in total. The van der Waals surface area contributed by atoms with Gasteiger partial charge in [-0.2, -0.15) is 5.26 Å². The summed E-state index contributed by atoms with van der Waals surface area (Å²) in [5.41, 5.74) is 0.411. The molecule has 0 bridgehead atoms. The van der Waals surface area contributed by atoms with Gasteiger partial charge in [0.15, 0.2) is 11.5 Å². The minimum Gasteiger partial charge on any atom is -0.352 e. The van der Waals surface area contributed by atoms with E-state index in [-0.39, 0.29) is 0 Å². The summed E-state index contributed by atoms with van der Waals surface area (Å²) in [5.74, 6) is 0.705. The second-order valence-electron chi connectivity index (χ2n) is 3.08. The van der Waals surface area contributed by atoms with Crippen molar-refractivity contribution in [3.63, 3.8) is 0 Å². The van der Waals surface area contributed by atoms with Gasteiger partial charge in [-0.1, -0.05) is 0 Å². The Morgan fingerprint density at radius 1 is 1.29 bits per heavy atom. The van der Waals surface area contributed by atoms with Crippen LogP contribution < -0.4 is 10.2 Å². The molecular formula is C9H11N5. The topological polar surface area (TPSA) is 64.8 Å². The molecule has 1 fully saturated rings. The van der Waals surface area contributed by atoms with Gasteiger partial charge in [0.2, 0.25) is 0 Å². The fourth-order valence-corrected chi connectivity index (χ4v) is 1.52. The standard InChI is InChI=1S/C9H11N5/c10-7-8-9(13-2-1-12-8)14-5-3-11-4-6-14/h1-2,11H,3-6H2. The largest absolute Gasteiger partial charge is 0.352 e. The first-order valence-electron chi connectivity index (χ1n) is 4.58. The van der Waals surface area contributed by atoms with Crippen LogP contribution in [0.25, 0.3) is 0 Å². The zero-order valence-corrected chi connectivity index (χ0v) is 7.77. The van der Waals surface area contributed by atoms with E-state index in [4.69, 9.17) is 5.26 Å². The van der Waals surface area contributed by atoms with Crippen LogP contribution in [-0.4, -0.2) is 36.1 Å². The van der Waals surface area contributed by atoms with E-state index in [1.165, 1.54) is 0 Å². The monoisotopic (exact) mass is 189 g/mol. The zero-order chi connectivity index (χ0) is 9.80. The summed E-state index contributed by atoms with van der Waals surface area (Å²) in [4.78, 5) is 10.3. The number of hydrogen-bond donors (Lipinski definition) is 1. The summed E-state index contributed by atoms with van der Waals surface area (Å²) in [6, 6.07) is 2.06. The smallest absolute Gasteiger partial charge is 0.183 e. The van der Waals surface area contributed by atoms with Crippen molar-refractivity contribution in [3.8, 4) is 6.07 Å². The maximum atomic E-state index is 8.85. The van der Waals surface area contributed by atoms with Crippen molar-refractivity contribution in [2.75, 3.05) is 31.1 Å². The lowest BCUT2D eigenvalue weighted by molar-refractivity contribution is 0.583. The van der Waals surface area contributed by atoms with Gasteiger partial charge in [0.1, 0.15) is 6.07 Å². The predicted octanol–water partition coefficient (Wildman–Crippen LogP) is -0.242. The molecule has 5 heteroatoms. The summed E-state index contributed by atoms with van der Waals surface area (Å²) in [7, 11) is 0. The van der Waals surface area contributed by atoms with Crippen molar-refractivity contribution >= 4 is 5.82 Å². The molecule has 2 rings (SSSR count). The number of hydrogen-bond acceptors (Lipinski definition) is 5. The van der Waals surface area contributed by atoms with Gasteiger partial charge in [-0.3, -0.25) is 0 Å². The maximum absolute atomic E-state index is 8.85. The molecule has 0 amide bonds. The molecule has 0 aliphatic carbocycles. The van der Waals surface area contributed by atoms with Crippen LogP contribution in [0.4, 0.5) is 5.82 Å². The Labute approximate surface area is 82.4 Å². The van der Waals surface area contributed by atoms with E-state index < -0.39 is 0 Å². The molecule has 1 N–H and O–H groups in total. The van der Waals surface area contributed by atoms with Gasteiger partial charge >= 0.3 is 0 Å². The predicted molar refractivity (Wildman–Crippen MR) is 51.8 cm³/mol. The molecule has 0 radical (unpaired) electrons. The van der Waals surface area contributed by atoms with E-state index in [0.29, 0.717) is 11.5 Å². The van der Waals surface area contributed by atoms with Gasteiger partial charge in [0.25, 0.3) is 0 Å². The molecule has 0 saturated carbocycles. The molecular weight excluding hydrogens is 178 g/mol. The fraction of sp³-hybridized carbons (Fsp3) is 0.444. The van der Waals surface area contributed by atoms with E-state index >= 15 is 0 Å². The Balaban J connectivity index is 2.26. The molecule has 0 atom stereocenters. The van der Waals surface area contributed by atoms with Crippen molar-refractivity contribution in [1.82, 2.24) is 15.3 Å². The molecule has 1 aliphatic rings. The summed E-state index contributed by atoms with van der Waals surface area (Å²) in [6.07, 6.45) is 3.17. The van der Waals surface area contributed by atoms with Gasteiger partial charge in [-0.25, -0.2) is 9.97 Å². The summed E-state index contributed by atoms with van der Waals surface area (Å²) in [6.45, 7) is 3.63. The van der Waals surface area contributed by atoms with Crippen LogP contribution in [0.5, 0.6) is 0 Å². The zero-order valence-electron chi connectivity index (χ0n) is 7.77. The van der Waals surface area contributed by atoms with Crippen LogP contribution in [0, 0.1) is 11.3 Å². The van der Waals surface area contributed by atoms with E-state index in [1.54, 1.807) is 12.4 Å². The molecule has 1 saturated heterocycles. The van der Waals surface area contributed by atoms with Gasteiger partial charge in [0.05, 0.1) is 0 Å². The molecule has 2 heterocycles. The van der Waals surface area contributed by atoms with Crippen molar-refractivity contribution in [3.05, 3.63) is 18.1 Å². The molecule has 14 heavy (non-hydrogen) atoms. The molecule has 72 valence electrons. The minimum absolute atomic E-state index is 0.411. The third-order valence-electron chi connectivity index (χ3n) is 2.20. The highest BCUT2D eigenvalue weighted by Gasteiger charge is 2.15. The Kier molecular flexibility index (Phi) is 2.56. The minimum atomic E-state index is 0.411. The number of nitrogens with zero attached hydrogens (tertiary/aromatic N) is 4. The maximum Gasteiger partial charge on any atom is 0.183 e. The van der Waals surface area contributed by atoms with Gasteiger partial charge in [0, 0.05) is 38.6 Å². The number of piperazine rings is 1. The lowest BCUT2D eigenvalue weighted by atomic mass is 10.3. The lowest BCUT2D eigenvalue weighted by Gasteiger charge is -2.28. The second-order valence-corrected chi connectivity index (χ2v) is 3.08. The number of anilines is 1.